The first kappa shape index (κ1) is 22.6. The maximum atomic E-state index is 13.8. The molecule has 6 nitrogen and oxygen atoms in total. The van der Waals surface area contributed by atoms with Crippen LogP contribution >= 0.6 is 23.2 Å². The largest absolute Gasteiger partial charge is 0.297 e. The van der Waals surface area contributed by atoms with Crippen LogP contribution < -0.4 is 10.5 Å². The lowest BCUT2D eigenvalue weighted by molar-refractivity contribution is 0.187. The van der Waals surface area contributed by atoms with Gasteiger partial charge in [-0.25, -0.2) is 4.98 Å². The summed E-state index contributed by atoms with van der Waals surface area (Å²) in [5, 5.41) is 1.05. The first-order valence-electron chi connectivity index (χ1n) is 11.0. The summed E-state index contributed by atoms with van der Waals surface area (Å²) >= 11 is 12.7. The van der Waals surface area contributed by atoms with Crippen molar-refractivity contribution in [2.75, 3.05) is 11.6 Å². The predicted octanol–water partition coefficient (Wildman–Crippen LogP) is 5.41. The van der Waals surface area contributed by atoms with E-state index >= 15 is 0 Å². The molecule has 0 N–H and O–H groups in total. The molecule has 0 bridgehead atoms. The average molecular weight is 492 g/mol. The van der Waals surface area contributed by atoms with Crippen LogP contribution in [0.1, 0.15) is 22.5 Å². The summed E-state index contributed by atoms with van der Waals surface area (Å²) in [6.07, 6.45) is 2.30. The van der Waals surface area contributed by atoms with E-state index in [1.165, 1.54) is 0 Å². The van der Waals surface area contributed by atoms with E-state index in [4.69, 9.17) is 28.2 Å². The molecule has 0 spiro atoms. The number of pyridine rings is 1. The summed E-state index contributed by atoms with van der Waals surface area (Å²) in [6, 6.07) is 21.2. The minimum absolute atomic E-state index is 0.0489. The number of benzene rings is 2. The molecule has 1 aliphatic heterocycles. The van der Waals surface area contributed by atoms with Crippen molar-refractivity contribution in [3.8, 4) is 0 Å². The van der Waals surface area contributed by atoms with Crippen molar-refractivity contribution >= 4 is 34.8 Å². The molecule has 2 aromatic carbocycles. The summed E-state index contributed by atoms with van der Waals surface area (Å²) in [4.78, 5) is 27.2. The van der Waals surface area contributed by atoms with Crippen LogP contribution in [0.15, 0.2) is 77.7 Å². The lowest BCUT2D eigenvalue weighted by Crippen LogP contribution is -2.47. The van der Waals surface area contributed by atoms with Crippen molar-refractivity contribution in [3.05, 3.63) is 116 Å². The number of fused-ring (bicyclic) bond motifs is 1. The first-order chi connectivity index (χ1) is 16.5. The van der Waals surface area contributed by atoms with Gasteiger partial charge in [-0.2, -0.15) is 0 Å². The summed E-state index contributed by atoms with van der Waals surface area (Å²) in [5.41, 5.74) is 4.10. The van der Waals surface area contributed by atoms with Gasteiger partial charge < -0.3 is 0 Å². The fourth-order valence-corrected chi connectivity index (χ4v) is 4.75. The van der Waals surface area contributed by atoms with E-state index in [2.05, 4.69) is 9.88 Å². The number of hydrogen-bond donors (Lipinski definition) is 0. The number of aromatic nitrogens is 3. The predicted molar refractivity (Wildman–Crippen MR) is 136 cm³/mol. The topological polar surface area (TPSA) is 54.3 Å². The number of aryl methyl sites for hydroxylation is 1. The third-order valence-corrected chi connectivity index (χ3v) is 6.45. The Balaban J connectivity index is 1.60. The summed E-state index contributed by atoms with van der Waals surface area (Å²) in [5.74, 6) is 0.570. The summed E-state index contributed by atoms with van der Waals surface area (Å²) in [7, 11) is 0. The zero-order valence-corrected chi connectivity index (χ0v) is 20.2. The van der Waals surface area contributed by atoms with Crippen molar-refractivity contribution in [2.45, 2.75) is 26.6 Å². The highest BCUT2D eigenvalue weighted by Crippen LogP contribution is 2.35. The van der Waals surface area contributed by atoms with Crippen LogP contribution in [0, 0.1) is 6.92 Å². The van der Waals surface area contributed by atoms with E-state index in [1.807, 2.05) is 66.4 Å². The molecule has 4 aromatic rings. The molecule has 34 heavy (non-hydrogen) atoms. The maximum absolute atomic E-state index is 13.8. The van der Waals surface area contributed by atoms with Crippen LogP contribution in [0.2, 0.25) is 10.0 Å². The monoisotopic (exact) mass is 491 g/mol. The fourth-order valence-electron chi connectivity index (χ4n) is 4.24. The molecule has 0 atom stereocenters. The van der Waals surface area contributed by atoms with Gasteiger partial charge in [0.1, 0.15) is 0 Å². The number of anilines is 2. The molecular formula is C26H23Cl2N5O. The molecule has 0 amide bonds. The summed E-state index contributed by atoms with van der Waals surface area (Å²) in [6.45, 7) is 3.38. The molecule has 1 aliphatic rings. The van der Waals surface area contributed by atoms with Gasteiger partial charge in [0.15, 0.2) is 0 Å². The van der Waals surface area contributed by atoms with Crippen LogP contribution in [-0.2, 0) is 19.6 Å². The Kier molecular flexibility index (Phi) is 6.37. The van der Waals surface area contributed by atoms with Gasteiger partial charge in [-0.3, -0.25) is 24.1 Å². The lowest BCUT2D eigenvalue weighted by Gasteiger charge is -2.38. The summed E-state index contributed by atoms with van der Waals surface area (Å²) < 4.78 is 1.72. The van der Waals surface area contributed by atoms with E-state index < -0.39 is 0 Å². The zero-order chi connectivity index (χ0) is 23.7. The lowest BCUT2D eigenvalue weighted by atomic mass is 10.1. The van der Waals surface area contributed by atoms with Crippen molar-refractivity contribution in [1.82, 2.24) is 19.4 Å². The van der Waals surface area contributed by atoms with Crippen LogP contribution in [0.4, 0.5) is 11.6 Å². The SMILES string of the molecule is Cc1nc2n(c(=O)c1Cc1ccccc1)CN(Cc1ccccn1)CN2c1ccc(Cl)cc1Cl. The quantitative estimate of drug-likeness (QED) is 0.373. The molecule has 8 heteroatoms. The van der Waals surface area contributed by atoms with Gasteiger partial charge in [-0.1, -0.05) is 59.6 Å². The zero-order valence-electron chi connectivity index (χ0n) is 18.7. The molecule has 0 saturated heterocycles. The first-order valence-corrected chi connectivity index (χ1v) is 11.7. The third-order valence-electron chi connectivity index (χ3n) is 5.91. The van der Waals surface area contributed by atoms with Gasteiger partial charge in [0.05, 0.1) is 35.4 Å². The van der Waals surface area contributed by atoms with Gasteiger partial charge in [-0.05, 0) is 42.8 Å². The van der Waals surface area contributed by atoms with Crippen molar-refractivity contribution in [3.63, 3.8) is 0 Å². The molecule has 0 saturated carbocycles. The van der Waals surface area contributed by atoms with Crippen molar-refractivity contribution in [2.24, 2.45) is 0 Å². The number of hydrogen-bond acceptors (Lipinski definition) is 5. The molecular weight excluding hydrogens is 469 g/mol. The highest BCUT2D eigenvalue weighted by Gasteiger charge is 2.29. The Morgan fingerprint density at radius 3 is 2.50 bits per heavy atom. The molecule has 0 unspecified atom stereocenters. The average Bonchev–Trinajstić information content (AvgIpc) is 2.83. The molecule has 0 aliphatic carbocycles. The van der Waals surface area contributed by atoms with Gasteiger partial charge in [0.25, 0.3) is 5.56 Å². The Labute approximate surface area is 208 Å². The molecule has 172 valence electrons. The van der Waals surface area contributed by atoms with Crippen molar-refractivity contribution < 1.29 is 0 Å². The number of nitrogens with zero attached hydrogens (tertiary/aromatic N) is 5. The van der Waals surface area contributed by atoms with E-state index in [0.29, 0.717) is 53.6 Å². The minimum Gasteiger partial charge on any atom is -0.297 e. The number of rotatable bonds is 5. The van der Waals surface area contributed by atoms with Gasteiger partial charge in [-0.15, -0.1) is 0 Å². The maximum Gasteiger partial charge on any atom is 0.259 e. The van der Waals surface area contributed by atoms with Crippen LogP contribution in [0.5, 0.6) is 0 Å². The third kappa shape index (κ3) is 4.57. The second-order valence-corrected chi connectivity index (χ2v) is 9.17. The smallest absolute Gasteiger partial charge is 0.259 e. The molecule has 5 rings (SSSR count). The van der Waals surface area contributed by atoms with Crippen LogP contribution in [0.3, 0.4) is 0 Å². The minimum atomic E-state index is -0.0489. The Morgan fingerprint density at radius 1 is 0.971 bits per heavy atom. The number of halogens is 2. The van der Waals surface area contributed by atoms with Crippen molar-refractivity contribution in [1.29, 1.82) is 0 Å². The molecule has 0 radical (unpaired) electrons. The molecule has 2 aromatic heterocycles. The Hall–Kier alpha value is -3.19. The fraction of sp³-hybridized carbons (Fsp3) is 0.192. The second-order valence-electron chi connectivity index (χ2n) is 8.33. The Morgan fingerprint density at radius 2 is 1.76 bits per heavy atom. The second kappa shape index (κ2) is 9.58. The normalized spacial score (nSPS) is 13.7. The van der Waals surface area contributed by atoms with Gasteiger partial charge >= 0.3 is 0 Å². The van der Waals surface area contributed by atoms with Crippen LogP contribution in [-0.4, -0.2) is 26.1 Å². The van der Waals surface area contributed by atoms with Gasteiger partial charge in [0.2, 0.25) is 5.95 Å². The molecule has 0 fully saturated rings. The van der Waals surface area contributed by atoms with E-state index in [0.717, 1.165) is 16.9 Å². The van der Waals surface area contributed by atoms with Gasteiger partial charge in [0, 0.05) is 29.7 Å². The highest BCUT2D eigenvalue weighted by molar-refractivity contribution is 6.36. The van der Waals surface area contributed by atoms with E-state index in [1.54, 1.807) is 22.9 Å². The highest BCUT2D eigenvalue weighted by atomic mass is 35.5. The standard InChI is InChI=1S/C26H23Cl2N5O/c1-18-22(13-19-7-3-2-4-8-19)25(34)33-17-31(15-21-9-5-6-12-29-21)16-32(26(33)30-18)24-11-10-20(27)14-23(24)28/h2-12,14H,13,15-17H2,1H3. The molecule has 3 heterocycles. The van der Waals surface area contributed by atoms with Crippen LogP contribution in [0.25, 0.3) is 0 Å². The van der Waals surface area contributed by atoms with E-state index in [-0.39, 0.29) is 5.56 Å². The Bertz CT molecular complexity index is 1380. The van der Waals surface area contributed by atoms with E-state index in [9.17, 15) is 4.79 Å².